The molecule has 4 aliphatic carbocycles. The minimum Gasteiger partial charge on any atom is -0.393 e. The highest BCUT2D eigenvalue weighted by molar-refractivity contribution is 7.87. The Kier molecular flexibility index (Phi) is 7.56. The molecule has 1 heterocycles. The van der Waals surface area contributed by atoms with Gasteiger partial charge in [0.05, 0.1) is 12.2 Å². The molecule has 4 saturated carbocycles. The van der Waals surface area contributed by atoms with Gasteiger partial charge in [-0.3, -0.25) is 4.79 Å². The predicted molar refractivity (Wildman–Crippen MR) is 143 cm³/mol. The van der Waals surface area contributed by atoms with Gasteiger partial charge in [0.15, 0.2) is 0 Å². The van der Waals surface area contributed by atoms with Crippen molar-refractivity contribution >= 4 is 16.1 Å². The summed E-state index contributed by atoms with van der Waals surface area (Å²) in [5, 5.41) is 22.3. The van der Waals surface area contributed by atoms with Crippen molar-refractivity contribution in [2.24, 2.45) is 52.3 Å². The first-order chi connectivity index (χ1) is 17.4. The van der Waals surface area contributed by atoms with Crippen LogP contribution in [0.15, 0.2) is 0 Å². The van der Waals surface area contributed by atoms with Gasteiger partial charge in [0.25, 0.3) is 0 Å². The van der Waals surface area contributed by atoms with E-state index in [0.717, 1.165) is 64.2 Å². The molecule has 0 aromatic heterocycles. The van der Waals surface area contributed by atoms with Crippen molar-refractivity contribution in [1.82, 2.24) is 9.03 Å². The number of amides is 1. The summed E-state index contributed by atoms with van der Waals surface area (Å²) in [6.07, 6.45) is 9.40. The van der Waals surface area contributed by atoms with E-state index in [2.05, 4.69) is 32.4 Å². The zero-order valence-corrected chi connectivity index (χ0v) is 24.2. The summed E-state index contributed by atoms with van der Waals surface area (Å²) in [6.45, 7) is 10.2. The van der Waals surface area contributed by atoms with Crippen molar-refractivity contribution in [3.05, 3.63) is 0 Å². The van der Waals surface area contributed by atoms with Crippen LogP contribution in [-0.2, 0) is 15.0 Å². The zero-order chi connectivity index (χ0) is 26.8. The molecular formula is C29H50N2O5S. The molecule has 37 heavy (non-hydrogen) atoms. The van der Waals surface area contributed by atoms with Crippen molar-refractivity contribution in [1.29, 1.82) is 0 Å². The highest BCUT2D eigenvalue weighted by Gasteiger charge is 2.64. The van der Waals surface area contributed by atoms with Gasteiger partial charge in [-0.2, -0.15) is 12.7 Å². The number of nitrogens with one attached hydrogen (secondary N) is 1. The summed E-state index contributed by atoms with van der Waals surface area (Å²) in [4.78, 5) is 12.9. The minimum atomic E-state index is -3.74. The summed E-state index contributed by atoms with van der Waals surface area (Å²) in [5.74, 6) is 1.89. The Morgan fingerprint density at radius 2 is 1.65 bits per heavy atom. The monoisotopic (exact) mass is 538 g/mol. The molecule has 3 N–H and O–H groups in total. The largest absolute Gasteiger partial charge is 0.393 e. The molecule has 212 valence electrons. The number of fused-ring (bicyclic) bond motifs is 5. The first kappa shape index (κ1) is 27.9. The van der Waals surface area contributed by atoms with Crippen molar-refractivity contribution in [2.45, 2.75) is 111 Å². The van der Waals surface area contributed by atoms with Crippen LogP contribution >= 0.6 is 0 Å². The SMILES string of the molecule is CC[C@H]1[C@@H](O)[C@@H]2[C@H](CC[C@]3(C)[C@@H]([C@H](C)CC(=O)NS(=O)(=O)N4CCCC4)CC[C@@H]23)[C@@]2(C)CC[C@@H](O)C[C@@H]12. The van der Waals surface area contributed by atoms with Gasteiger partial charge in [-0.1, -0.05) is 34.1 Å². The van der Waals surface area contributed by atoms with E-state index in [0.29, 0.717) is 36.8 Å². The van der Waals surface area contributed by atoms with E-state index < -0.39 is 10.2 Å². The van der Waals surface area contributed by atoms with Gasteiger partial charge in [-0.05, 0) is 110 Å². The van der Waals surface area contributed by atoms with Crippen LogP contribution in [-0.4, -0.2) is 54.1 Å². The Morgan fingerprint density at radius 3 is 2.32 bits per heavy atom. The molecule has 1 aliphatic heterocycles. The third-order valence-electron chi connectivity index (χ3n) is 12.3. The standard InChI is InChI=1S/C29H50N2O5S/c1-5-20-24-17-19(32)10-12-29(24,4)23-11-13-28(3)21(8-9-22(28)26(23)27(20)34)18(2)16-25(33)30-37(35,36)31-14-6-7-15-31/h18-24,26-27,32,34H,5-17H2,1-4H3,(H,30,33)/t18-,19-,20-,21-,22+,23+,24+,26+,27-,28-,29-/m1/s1. The van der Waals surface area contributed by atoms with Gasteiger partial charge in [0.2, 0.25) is 5.91 Å². The number of hydrogen-bond donors (Lipinski definition) is 3. The molecule has 8 heteroatoms. The lowest BCUT2D eigenvalue weighted by atomic mass is 9.41. The van der Waals surface area contributed by atoms with Gasteiger partial charge in [-0.15, -0.1) is 0 Å². The smallest absolute Gasteiger partial charge is 0.303 e. The van der Waals surface area contributed by atoms with E-state index in [4.69, 9.17) is 0 Å². The molecule has 0 aromatic carbocycles. The first-order valence-corrected chi connectivity index (χ1v) is 16.5. The van der Waals surface area contributed by atoms with E-state index in [-0.39, 0.29) is 53.1 Å². The molecule has 5 rings (SSSR count). The van der Waals surface area contributed by atoms with Gasteiger partial charge in [0, 0.05) is 19.5 Å². The second kappa shape index (κ2) is 10.0. The summed E-state index contributed by atoms with van der Waals surface area (Å²) in [6, 6.07) is 0. The van der Waals surface area contributed by atoms with Gasteiger partial charge < -0.3 is 10.2 Å². The van der Waals surface area contributed by atoms with Gasteiger partial charge >= 0.3 is 10.2 Å². The Labute approximate surface area is 224 Å². The Hall–Kier alpha value is -0.700. The second-order valence-electron chi connectivity index (χ2n) is 13.9. The van der Waals surface area contributed by atoms with Crippen LogP contribution in [0.2, 0.25) is 0 Å². The lowest BCUT2D eigenvalue weighted by molar-refractivity contribution is -0.203. The molecule has 11 atom stereocenters. The summed E-state index contributed by atoms with van der Waals surface area (Å²) in [7, 11) is -3.74. The molecule has 7 nitrogen and oxygen atoms in total. The van der Waals surface area contributed by atoms with E-state index in [1.54, 1.807) is 0 Å². The zero-order valence-electron chi connectivity index (χ0n) is 23.4. The third-order valence-corrected chi connectivity index (χ3v) is 13.8. The maximum Gasteiger partial charge on any atom is 0.303 e. The average Bonchev–Trinajstić information content (AvgIpc) is 3.48. The van der Waals surface area contributed by atoms with Gasteiger partial charge in [-0.25, -0.2) is 4.72 Å². The summed E-state index contributed by atoms with van der Waals surface area (Å²) in [5.41, 5.74) is 0.240. The number of hydrogen-bond acceptors (Lipinski definition) is 5. The highest BCUT2D eigenvalue weighted by atomic mass is 32.2. The first-order valence-electron chi connectivity index (χ1n) is 15.1. The number of carbonyl (C=O) groups is 1. The minimum absolute atomic E-state index is 0.0609. The lowest BCUT2D eigenvalue weighted by Crippen LogP contribution is -2.62. The fraction of sp³-hybridized carbons (Fsp3) is 0.966. The van der Waals surface area contributed by atoms with E-state index >= 15 is 0 Å². The number of aliphatic hydroxyl groups excluding tert-OH is 2. The fourth-order valence-electron chi connectivity index (χ4n) is 10.5. The highest BCUT2D eigenvalue weighted by Crippen LogP contribution is 2.69. The Bertz CT molecular complexity index is 967. The maximum atomic E-state index is 12.9. The molecular weight excluding hydrogens is 488 g/mol. The number of nitrogens with zero attached hydrogens (tertiary/aromatic N) is 1. The molecule has 0 spiro atoms. The molecule has 5 aliphatic rings. The van der Waals surface area contributed by atoms with Crippen molar-refractivity contribution in [3.8, 4) is 0 Å². The van der Waals surface area contributed by atoms with E-state index in [1.165, 1.54) is 4.31 Å². The van der Waals surface area contributed by atoms with Crippen LogP contribution in [0.4, 0.5) is 0 Å². The average molecular weight is 539 g/mol. The molecule has 0 unspecified atom stereocenters. The second-order valence-corrected chi connectivity index (χ2v) is 15.6. The normalized spacial score (nSPS) is 47.1. The maximum absolute atomic E-state index is 12.9. The fourth-order valence-corrected chi connectivity index (χ4v) is 11.8. The van der Waals surface area contributed by atoms with E-state index in [1.807, 2.05) is 0 Å². The molecule has 0 bridgehead atoms. The Balaban J connectivity index is 1.31. The topological polar surface area (TPSA) is 107 Å². The van der Waals surface area contributed by atoms with Crippen LogP contribution in [0.1, 0.15) is 98.3 Å². The third kappa shape index (κ3) is 4.59. The Morgan fingerprint density at radius 1 is 1.00 bits per heavy atom. The van der Waals surface area contributed by atoms with Crippen LogP contribution in [0.5, 0.6) is 0 Å². The van der Waals surface area contributed by atoms with Crippen molar-refractivity contribution in [3.63, 3.8) is 0 Å². The van der Waals surface area contributed by atoms with Crippen LogP contribution < -0.4 is 4.72 Å². The van der Waals surface area contributed by atoms with Crippen molar-refractivity contribution in [2.75, 3.05) is 13.1 Å². The lowest BCUT2D eigenvalue weighted by Gasteiger charge is -2.64. The summed E-state index contributed by atoms with van der Waals surface area (Å²) >= 11 is 0. The number of carbonyl (C=O) groups excluding carboxylic acids is 1. The number of aliphatic hydroxyl groups is 2. The number of rotatable bonds is 6. The van der Waals surface area contributed by atoms with Crippen LogP contribution in [0.25, 0.3) is 0 Å². The van der Waals surface area contributed by atoms with E-state index in [9.17, 15) is 23.4 Å². The van der Waals surface area contributed by atoms with Crippen molar-refractivity contribution < 1.29 is 23.4 Å². The van der Waals surface area contributed by atoms with Crippen LogP contribution in [0, 0.1) is 52.3 Å². The molecule has 0 aromatic rings. The molecule has 1 saturated heterocycles. The molecule has 1 amide bonds. The van der Waals surface area contributed by atoms with Crippen LogP contribution in [0.3, 0.4) is 0 Å². The quantitative estimate of drug-likeness (QED) is 0.472. The molecule has 0 radical (unpaired) electrons. The summed E-state index contributed by atoms with van der Waals surface area (Å²) < 4.78 is 28.9. The van der Waals surface area contributed by atoms with Gasteiger partial charge in [0.1, 0.15) is 0 Å². The predicted octanol–water partition coefficient (Wildman–Crippen LogP) is 4.10. The molecule has 5 fully saturated rings.